The molecule has 0 fully saturated rings. The molecule has 0 aliphatic rings. The molecule has 0 radical (unpaired) electrons. The molecule has 0 aliphatic heterocycles. The first-order chi connectivity index (χ1) is 6.27. The Labute approximate surface area is 88.8 Å². The van der Waals surface area contributed by atoms with Crippen molar-refractivity contribution in [2.45, 2.75) is 6.92 Å². The molecule has 2 aromatic rings. The molecule has 4 heteroatoms. The van der Waals surface area contributed by atoms with E-state index < -0.39 is 0 Å². The first kappa shape index (κ1) is 8.84. The molecule has 0 saturated heterocycles. The molecule has 0 aromatic carbocycles. The van der Waals surface area contributed by atoms with E-state index in [1.165, 1.54) is 0 Å². The Kier molecular flexibility index (Phi) is 2.42. The van der Waals surface area contributed by atoms with Crippen LogP contribution in [0.2, 0.25) is 0 Å². The van der Waals surface area contributed by atoms with Gasteiger partial charge in [-0.2, -0.15) is 0 Å². The Bertz CT molecular complexity index is 412. The monoisotopic (exact) mass is 254 g/mol. The minimum atomic E-state index is 0.932. The van der Waals surface area contributed by atoms with Crippen molar-refractivity contribution in [3.63, 3.8) is 0 Å². The second-order valence-corrected chi connectivity index (χ2v) is 4.21. The van der Waals surface area contributed by atoms with Gasteiger partial charge < -0.3 is 0 Å². The van der Waals surface area contributed by atoms with Crippen molar-refractivity contribution < 1.29 is 0 Å². The topological polar surface area (TPSA) is 25.8 Å². The quantitative estimate of drug-likeness (QED) is 0.781. The van der Waals surface area contributed by atoms with Crippen LogP contribution in [0.15, 0.2) is 27.5 Å². The summed E-state index contributed by atoms with van der Waals surface area (Å²) in [6.45, 7) is 1.97. The maximum absolute atomic E-state index is 4.41. The normalized spacial score (nSPS) is 10.3. The van der Waals surface area contributed by atoms with Crippen LogP contribution in [0.3, 0.4) is 0 Å². The fraction of sp³-hybridized carbons (Fsp3) is 0.111. The lowest BCUT2D eigenvalue weighted by molar-refractivity contribution is 1.17. The molecule has 0 spiro atoms. The van der Waals surface area contributed by atoms with E-state index in [2.05, 4.69) is 25.9 Å². The fourth-order valence-electron chi connectivity index (χ4n) is 1.03. The van der Waals surface area contributed by atoms with Gasteiger partial charge in [0.1, 0.15) is 0 Å². The van der Waals surface area contributed by atoms with Gasteiger partial charge in [-0.3, -0.25) is 4.98 Å². The third kappa shape index (κ3) is 1.78. The summed E-state index contributed by atoms with van der Waals surface area (Å²) in [5.41, 5.74) is 4.68. The first-order valence-electron chi connectivity index (χ1n) is 3.79. The summed E-state index contributed by atoms with van der Waals surface area (Å²) in [6.07, 6.45) is 0. The number of halogens is 1. The lowest BCUT2D eigenvalue weighted by atomic mass is 10.3. The zero-order valence-corrected chi connectivity index (χ0v) is 9.39. The zero-order chi connectivity index (χ0) is 9.26. The lowest BCUT2D eigenvalue weighted by Crippen LogP contribution is -1.87. The van der Waals surface area contributed by atoms with Crippen LogP contribution in [0.25, 0.3) is 11.4 Å². The van der Waals surface area contributed by atoms with Crippen molar-refractivity contribution in [1.29, 1.82) is 0 Å². The van der Waals surface area contributed by atoms with Gasteiger partial charge in [0, 0.05) is 9.85 Å². The fourth-order valence-corrected chi connectivity index (χ4v) is 1.79. The van der Waals surface area contributed by atoms with Gasteiger partial charge in [-0.05, 0) is 35.0 Å². The third-order valence-electron chi connectivity index (χ3n) is 1.72. The number of nitrogens with zero attached hydrogens (tertiary/aromatic N) is 2. The van der Waals surface area contributed by atoms with Crippen LogP contribution < -0.4 is 0 Å². The van der Waals surface area contributed by atoms with Crippen molar-refractivity contribution in [2.75, 3.05) is 0 Å². The van der Waals surface area contributed by atoms with Gasteiger partial charge in [0.15, 0.2) is 0 Å². The number of thiazole rings is 1. The van der Waals surface area contributed by atoms with E-state index in [0.717, 1.165) is 21.6 Å². The van der Waals surface area contributed by atoms with E-state index in [4.69, 9.17) is 0 Å². The van der Waals surface area contributed by atoms with Crippen LogP contribution in [-0.4, -0.2) is 9.97 Å². The standard InChI is InChI=1S/C9H7BrN2S/c1-6-7(10)2-3-8(12-6)9-4-13-5-11-9/h2-5H,1H3. The molecule has 2 aromatic heterocycles. The second-order valence-electron chi connectivity index (χ2n) is 2.64. The summed E-state index contributed by atoms with van der Waals surface area (Å²) in [6, 6.07) is 3.96. The zero-order valence-electron chi connectivity index (χ0n) is 6.99. The van der Waals surface area contributed by atoms with Crippen LogP contribution in [0.1, 0.15) is 5.69 Å². The molecule has 13 heavy (non-hydrogen) atoms. The highest BCUT2D eigenvalue weighted by atomic mass is 79.9. The van der Waals surface area contributed by atoms with Crippen LogP contribution in [0.5, 0.6) is 0 Å². The minimum absolute atomic E-state index is 0.932. The van der Waals surface area contributed by atoms with Crippen molar-refractivity contribution >= 4 is 27.3 Å². The maximum Gasteiger partial charge on any atom is 0.0995 e. The van der Waals surface area contributed by atoms with Crippen LogP contribution >= 0.6 is 27.3 Å². The number of hydrogen-bond donors (Lipinski definition) is 0. The molecule has 2 nitrogen and oxygen atoms in total. The summed E-state index contributed by atoms with van der Waals surface area (Å²) >= 11 is 4.99. The Balaban J connectivity index is 2.49. The lowest BCUT2D eigenvalue weighted by Gasteiger charge is -1.99. The van der Waals surface area contributed by atoms with E-state index in [9.17, 15) is 0 Å². The van der Waals surface area contributed by atoms with Gasteiger partial charge in [0.05, 0.1) is 22.6 Å². The van der Waals surface area contributed by atoms with Crippen molar-refractivity contribution in [1.82, 2.24) is 9.97 Å². The molecule has 2 rings (SSSR count). The number of pyridine rings is 1. The van der Waals surface area contributed by atoms with Gasteiger partial charge in [-0.25, -0.2) is 4.98 Å². The molecular formula is C9H7BrN2S. The SMILES string of the molecule is Cc1nc(-c2cscn2)ccc1Br. The molecule has 0 amide bonds. The highest BCUT2D eigenvalue weighted by molar-refractivity contribution is 9.10. The molecule has 0 unspecified atom stereocenters. The predicted molar refractivity (Wildman–Crippen MR) is 57.8 cm³/mol. The number of aryl methyl sites for hydroxylation is 1. The summed E-state index contributed by atoms with van der Waals surface area (Å²) < 4.78 is 1.03. The molecule has 0 atom stereocenters. The summed E-state index contributed by atoms with van der Waals surface area (Å²) in [5.74, 6) is 0. The van der Waals surface area contributed by atoms with Crippen LogP contribution in [-0.2, 0) is 0 Å². The van der Waals surface area contributed by atoms with Crippen LogP contribution in [0.4, 0.5) is 0 Å². The highest BCUT2D eigenvalue weighted by Gasteiger charge is 2.02. The van der Waals surface area contributed by atoms with E-state index in [-0.39, 0.29) is 0 Å². The molecule has 0 aliphatic carbocycles. The second kappa shape index (κ2) is 3.55. The summed E-state index contributed by atoms with van der Waals surface area (Å²) in [4.78, 5) is 8.61. The predicted octanol–water partition coefficient (Wildman–Crippen LogP) is 3.28. The van der Waals surface area contributed by atoms with Crippen molar-refractivity contribution in [3.8, 4) is 11.4 Å². The first-order valence-corrected chi connectivity index (χ1v) is 5.52. The van der Waals surface area contributed by atoms with E-state index >= 15 is 0 Å². The highest BCUT2D eigenvalue weighted by Crippen LogP contribution is 2.21. The van der Waals surface area contributed by atoms with Gasteiger partial charge in [-0.1, -0.05) is 0 Å². The smallest absolute Gasteiger partial charge is 0.0995 e. The van der Waals surface area contributed by atoms with Gasteiger partial charge in [0.2, 0.25) is 0 Å². The molecular weight excluding hydrogens is 248 g/mol. The van der Waals surface area contributed by atoms with Gasteiger partial charge in [-0.15, -0.1) is 11.3 Å². The molecule has 0 saturated carbocycles. The molecule has 0 N–H and O–H groups in total. The molecule has 66 valence electrons. The Hall–Kier alpha value is -0.740. The summed E-state index contributed by atoms with van der Waals surface area (Å²) in [5, 5.41) is 2.00. The summed E-state index contributed by atoms with van der Waals surface area (Å²) in [7, 11) is 0. The average Bonchev–Trinajstić information content (AvgIpc) is 2.62. The van der Waals surface area contributed by atoms with Gasteiger partial charge >= 0.3 is 0 Å². The van der Waals surface area contributed by atoms with Gasteiger partial charge in [0.25, 0.3) is 0 Å². The third-order valence-corrected chi connectivity index (χ3v) is 3.14. The number of hydrogen-bond acceptors (Lipinski definition) is 3. The van der Waals surface area contributed by atoms with E-state index in [0.29, 0.717) is 0 Å². The van der Waals surface area contributed by atoms with Crippen molar-refractivity contribution in [2.24, 2.45) is 0 Å². The maximum atomic E-state index is 4.41. The number of rotatable bonds is 1. The largest absolute Gasteiger partial charge is 0.250 e. The Morgan fingerprint density at radius 2 is 2.15 bits per heavy atom. The van der Waals surface area contributed by atoms with Crippen LogP contribution in [0, 0.1) is 6.92 Å². The van der Waals surface area contributed by atoms with E-state index in [1.807, 2.05) is 29.9 Å². The molecule has 2 heterocycles. The number of aromatic nitrogens is 2. The van der Waals surface area contributed by atoms with Crippen molar-refractivity contribution in [3.05, 3.63) is 33.2 Å². The minimum Gasteiger partial charge on any atom is -0.250 e. The average molecular weight is 255 g/mol. The Morgan fingerprint density at radius 3 is 2.77 bits per heavy atom. The molecule has 0 bridgehead atoms. The Morgan fingerprint density at radius 1 is 1.31 bits per heavy atom. The van der Waals surface area contributed by atoms with E-state index in [1.54, 1.807) is 11.3 Å².